The molecule has 0 aromatic heterocycles. The summed E-state index contributed by atoms with van der Waals surface area (Å²) in [6.07, 6.45) is 6.26. The van der Waals surface area contributed by atoms with Gasteiger partial charge in [0.25, 0.3) is 0 Å². The highest BCUT2D eigenvalue weighted by molar-refractivity contribution is 6.55. The fraction of sp³-hybridized carbons (Fsp3) is 0.579. The molecule has 1 aromatic carbocycles. The molecular formula is C19H26Cl4O2. The maximum atomic E-state index is 6.25. The summed E-state index contributed by atoms with van der Waals surface area (Å²) in [7, 11) is 0. The molecule has 1 unspecified atom stereocenters. The molecule has 0 saturated carbocycles. The van der Waals surface area contributed by atoms with Crippen LogP contribution in [0.5, 0.6) is 11.5 Å². The summed E-state index contributed by atoms with van der Waals surface area (Å²) in [6, 6.07) is 3.34. The molecule has 0 aliphatic rings. The van der Waals surface area contributed by atoms with Crippen LogP contribution >= 0.6 is 46.4 Å². The number of hydrogen-bond donors (Lipinski definition) is 0. The predicted molar refractivity (Wildman–Crippen MR) is 110 cm³/mol. The van der Waals surface area contributed by atoms with Crippen molar-refractivity contribution in [3.05, 3.63) is 32.7 Å². The van der Waals surface area contributed by atoms with Crippen LogP contribution in [-0.4, -0.2) is 13.2 Å². The second-order valence-corrected chi connectivity index (χ2v) is 8.41. The van der Waals surface area contributed by atoms with Crippen LogP contribution in [0.25, 0.3) is 0 Å². The molecule has 0 aliphatic heterocycles. The van der Waals surface area contributed by atoms with Crippen molar-refractivity contribution in [1.29, 1.82) is 0 Å². The lowest BCUT2D eigenvalue weighted by Crippen LogP contribution is -2.05. The lowest BCUT2D eigenvalue weighted by atomic mass is 9.98. The largest absolute Gasteiger partial charge is 0.490 e. The molecule has 0 bridgehead atoms. The van der Waals surface area contributed by atoms with E-state index in [2.05, 4.69) is 20.8 Å². The van der Waals surface area contributed by atoms with Gasteiger partial charge in [-0.2, -0.15) is 0 Å². The van der Waals surface area contributed by atoms with Gasteiger partial charge in [-0.15, -0.1) is 0 Å². The van der Waals surface area contributed by atoms with Gasteiger partial charge in [0.1, 0.15) is 16.8 Å². The fourth-order valence-corrected chi connectivity index (χ4v) is 3.04. The first kappa shape index (κ1) is 22.8. The van der Waals surface area contributed by atoms with E-state index in [-0.39, 0.29) is 11.1 Å². The molecule has 25 heavy (non-hydrogen) atoms. The summed E-state index contributed by atoms with van der Waals surface area (Å²) in [5, 5.41) is 0.854. The molecule has 0 amide bonds. The number of benzene rings is 1. The van der Waals surface area contributed by atoms with E-state index in [9.17, 15) is 0 Å². The maximum Gasteiger partial charge on any atom is 0.156 e. The molecule has 0 radical (unpaired) electrons. The normalized spacial score (nSPS) is 12.2. The lowest BCUT2D eigenvalue weighted by molar-refractivity contribution is 0.275. The Balaban J connectivity index is 2.46. The van der Waals surface area contributed by atoms with E-state index in [0.717, 1.165) is 12.3 Å². The summed E-state index contributed by atoms with van der Waals surface area (Å²) in [5.74, 6) is 2.41. The van der Waals surface area contributed by atoms with Crippen LogP contribution < -0.4 is 9.47 Å². The van der Waals surface area contributed by atoms with E-state index in [0.29, 0.717) is 34.1 Å². The average molecular weight is 428 g/mol. The van der Waals surface area contributed by atoms with Gasteiger partial charge in [0.05, 0.1) is 16.7 Å². The van der Waals surface area contributed by atoms with Gasteiger partial charge in [0.2, 0.25) is 0 Å². The summed E-state index contributed by atoms with van der Waals surface area (Å²) in [6.45, 7) is 7.59. The molecule has 6 heteroatoms. The highest BCUT2D eigenvalue weighted by Gasteiger charge is 2.11. The zero-order valence-corrected chi connectivity index (χ0v) is 18.0. The Kier molecular flexibility index (Phi) is 11.1. The van der Waals surface area contributed by atoms with Crippen molar-refractivity contribution in [3.63, 3.8) is 0 Å². The summed E-state index contributed by atoms with van der Waals surface area (Å²) in [4.78, 5) is 0. The van der Waals surface area contributed by atoms with Crippen LogP contribution in [0.1, 0.15) is 46.5 Å². The van der Waals surface area contributed by atoms with Crippen molar-refractivity contribution in [1.82, 2.24) is 0 Å². The van der Waals surface area contributed by atoms with E-state index in [4.69, 9.17) is 55.9 Å². The zero-order valence-electron chi connectivity index (χ0n) is 15.0. The molecule has 0 saturated heterocycles. The Hall–Kier alpha value is -0.280. The van der Waals surface area contributed by atoms with Gasteiger partial charge in [0.15, 0.2) is 5.75 Å². The number of rotatable bonds is 11. The van der Waals surface area contributed by atoms with Crippen molar-refractivity contribution in [2.24, 2.45) is 11.8 Å². The molecule has 1 atom stereocenters. The van der Waals surface area contributed by atoms with E-state index in [1.165, 1.54) is 25.3 Å². The third kappa shape index (κ3) is 9.84. The van der Waals surface area contributed by atoms with Crippen molar-refractivity contribution in [2.75, 3.05) is 13.2 Å². The van der Waals surface area contributed by atoms with Gasteiger partial charge in [-0.3, -0.25) is 0 Å². The first-order chi connectivity index (χ1) is 11.8. The Morgan fingerprint density at radius 3 is 2.20 bits per heavy atom. The monoisotopic (exact) mass is 426 g/mol. The summed E-state index contributed by atoms with van der Waals surface area (Å²) in [5.41, 5.74) is 0. The molecule has 1 aromatic rings. The second-order valence-electron chi connectivity index (χ2n) is 6.59. The van der Waals surface area contributed by atoms with E-state index in [1.807, 2.05) is 0 Å². The van der Waals surface area contributed by atoms with E-state index >= 15 is 0 Å². The lowest BCUT2D eigenvalue weighted by Gasteiger charge is -2.15. The molecule has 2 nitrogen and oxygen atoms in total. The minimum absolute atomic E-state index is 0.152. The minimum Gasteiger partial charge on any atom is -0.490 e. The van der Waals surface area contributed by atoms with Gasteiger partial charge in [-0.25, -0.2) is 0 Å². The predicted octanol–water partition coefficient (Wildman–Crippen LogP) is 7.92. The molecule has 142 valence electrons. The highest BCUT2D eigenvalue weighted by Crippen LogP contribution is 2.37. The molecule has 0 fully saturated rings. The van der Waals surface area contributed by atoms with Crippen molar-refractivity contribution >= 4 is 46.4 Å². The minimum atomic E-state index is 0.152. The Labute approximate surface area is 171 Å². The molecule has 0 aliphatic carbocycles. The Morgan fingerprint density at radius 2 is 1.64 bits per heavy atom. The average Bonchev–Trinajstić information content (AvgIpc) is 2.49. The molecule has 0 N–H and O–H groups in total. The third-order valence-electron chi connectivity index (χ3n) is 3.79. The molecular weight excluding hydrogens is 402 g/mol. The van der Waals surface area contributed by atoms with Crippen LogP contribution in [-0.2, 0) is 0 Å². The maximum absolute atomic E-state index is 6.25. The molecule has 1 rings (SSSR count). The molecule has 0 heterocycles. The van der Waals surface area contributed by atoms with Crippen molar-refractivity contribution < 1.29 is 9.47 Å². The van der Waals surface area contributed by atoms with E-state index in [1.54, 1.807) is 12.1 Å². The quantitative estimate of drug-likeness (QED) is 0.356. The zero-order chi connectivity index (χ0) is 18.8. The number of ether oxygens (including phenoxy) is 2. The smallest absolute Gasteiger partial charge is 0.156 e. The van der Waals surface area contributed by atoms with Gasteiger partial charge < -0.3 is 9.47 Å². The van der Waals surface area contributed by atoms with Crippen LogP contribution in [0.2, 0.25) is 10.0 Å². The van der Waals surface area contributed by atoms with Crippen LogP contribution in [0.3, 0.4) is 0 Å². The number of hydrogen-bond acceptors (Lipinski definition) is 2. The first-order valence-corrected chi connectivity index (χ1v) is 10.1. The van der Waals surface area contributed by atoms with Crippen molar-refractivity contribution in [2.45, 2.75) is 46.5 Å². The van der Waals surface area contributed by atoms with Crippen LogP contribution in [0, 0.1) is 11.8 Å². The Morgan fingerprint density at radius 1 is 1.00 bits per heavy atom. The van der Waals surface area contributed by atoms with Crippen LogP contribution in [0.4, 0.5) is 0 Å². The van der Waals surface area contributed by atoms with Gasteiger partial charge in [-0.05, 0) is 24.3 Å². The fourth-order valence-electron chi connectivity index (χ4n) is 2.34. The van der Waals surface area contributed by atoms with E-state index < -0.39 is 0 Å². The standard InChI is InChI=1S/C19H26Cl4O2/c1-13(2)5-4-6-14(3)7-9-25-19-16(20)11-15(12-17(19)21)24-10-8-18(22)23/h8,11-14H,4-7,9-10H2,1-3H3. The topological polar surface area (TPSA) is 18.5 Å². The Bertz CT molecular complexity index is 531. The first-order valence-electron chi connectivity index (χ1n) is 8.55. The summed E-state index contributed by atoms with van der Waals surface area (Å²) < 4.78 is 11.4. The highest BCUT2D eigenvalue weighted by atomic mass is 35.5. The SMILES string of the molecule is CC(C)CCCC(C)CCOc1c(Cl)cc(OCC=C(Cl)Cl)cc1Cl. The number of halogens is 4. The third-order valence-corrected chi connectivity index (χ3v) is 4.66. The van der Waals surface area contributed by atoms with Gasteiger partial charge in [0, 0.05) is 12.1 Å². The van der Waals surface area contributed by atoms with Gasteiger partial charge >= 0.3 is 0 Å². The van der Waals surface area contributed by atoms with Gasteiger partial charge in [-0.1, -0.05) is 86.4 Å². The molecule has 0 spiro atoms. The van der Waals surface area contributed by atoms with Crippen molar-refractivity contribution in [3.8, 4) is 11.5 Å². The van der Waals surface area contributed by atoms with Crippen LogP contribution in [0.15, 0.2) is 22.7 Å². The summed E-state index contributed by atoms with van der Waals surface area (Å²) >= 11 is 23.6. The second kappa shape index (κ2) is 12.2.